The van der Waals surface area contributed by atoms with E-state index in [9.17, 15) is 5.26 Å². The summed E-state index contributed by atoms with van der Waals surface area (Å²) in [6.07, 6.45) is 16.9. The quantitative estimate of drug-likeness (QED) is 0.625. The molecule has 2 aliphatic heterocycles. The molecule has 2 saturated heterocycles. The number of nitrogens with one attached hydrogen (secondary N) is 3. The van der Waals surface area contributed by atoms with Crippen molar-refractivity contribution in [1.29, 1.82) is 5.26 Å². The van der Waals surface area contributed by atoms with Crippen molar-refractivity contribution < 1.29 is 0 Å². The Morgan fingerprint density at radius 2 is 1.50 bits per heavy atom. The smallest absolute Gasteiger partial charge is 0.0686 e. The molecule has 5 fully saturated rings. The van der Waals surface area contributed by atoms with Gasteiger partial charge in [0.2, 0.25) is 0 Å². The van der Waals surface area contributed by atoms with E-state index in [0.717, 1.165) is 42.2 Å². The molecule has 4 nitrogen and oxygen atoms in total. The number of nitriles is 1. The fourth-order valence-corrected chi connectivity index (χ4v) is 8.35. The average molecular weight is 413 g/mol. The van der Waals surface area contributed by atoms with Crippen molar-refractivity contribution >= 4 is 0 Å². The summed E-state index contributed by atoms with van der Waals surface area (Å²) in [6.45, 7) is 5.43. The lowest BCUT2D eigenvalue weighted by Crippen LogP contribution is -2.58. The maximum Gasteiger partial charge on any atom is 0.0686 e. The third-order valence-electron chi connectivity index (χ3n) is 10.3. The summed E-state index contributed by atoms with van der Waals surface area (Å²) in [6, 6.07) is 4.58. The van der Waals surface area contributed by atoms with Crippen LogP contribution in [0.2, 0.25) is 0 Å². The second-order valence-electron chi connectivity index (χ2n) is 12.1. The lowest BCUT2D eigenvalue weighted by atomic mass is 9.60. The van der Waals surface area contributed by atoms with E-state index in [1.165, 1.54) is 77.0 Å². The molecule has 5 rings (SSSR count). The Labute approximate surface area is 184 Å². The maximum atomic E-state index is 9.56. The van der Waals surface area contributed by atoms with Gasteiger partial charge in [0.1, 0.15) is 0 Å². The number of hydrazine groups is 1. The third-order valence-corrected chi connectivity index (χ3v) is 10.3. The van der Waals surface area contributed by atoms with Crippen molar-refractivity contribution in [1.82, 2.24) is 16.2 Å². The highest BCUT2D eigenvalue weighted by Crippen LogP contribution is 2.49. The highest BCUT2D eigenvalue weighted by Gasteiger charge is 2.51. The van der Waals surface area contributed by atoms with Gasteiger partial charge >= 0.3 is 0 Å². The average Bonchev–Trinajstić information content (AvgIpc) is 3.24. The van der Waals surface area contributed by atoms with Crippen LogP contribution in [-0.4, -0.2) is 24.7 Å². The number of piperidine rings is 1. The topological polar surface area (TPSA) is 59.9 Å². The molecule has 30 heavy (non-hydrogen) atoms. The van der Waals surface area contributed by atoms with Gasteiger partial charge < -0.3 is 5.32 Å². The zero-order chi connectivity index (χ0) is 20.7. The Morgan fingerprint density at radius 1 is 0.767 bits per heavy atom. The molecule has 3 N–H and O–H groups in total. The molecule has 0 aromatic carbocycles. The molecule has 0 aromatic heterocycles. The normalized spacial score (nSPS) is 45.4. The van der Waals surface area contributed by atoms with Gasteiger partial charge in [-0.1, -0.05) is 32.1 Å². The van der Waals surface area contributed by atoms with Crippen LogP contribution in [0.15, 0.2) is 0 Å². The Hall–Kier alpha value is -0.630. The van der Waals surface area contributed by atoms with Crippen molar-refractivity contribution in [3.63, 3.8) is 0 Å². The molecular formula is C26H44N4. The molecule has 0 aromatic rings. The standard InChI is InChI=1S/C26H44N4/c1-26(2,16-27)20-11-8-18(9-12-20)25-24-21-14-19(17-6-4-3-5-7-17)10-13-22(21)28-15-23(24)29-30-25/h17-25,28-30H,3-15H2,1-2H3. The Kier molecular flexibility index (Phi) is 6.17. The number of fused-ring (bicyclic) bond motifs is 3. The molecule has 0 radical (unpaired) electrons. The van der Waals surface area contributed by atoms with Crippen molar-refractivity contribution in [2.75, 3.05) is 6.54 Å². The first kappa shape index (κ1) is 21.2. The van der Waals surface area contributed by atoms with Crippen LogP contribution < -0.4 is 16.2 Å². The molecule has 4 heteroatoms. The van der Waals surface area contributed by atoms with Crippen LogP contribution in [0.4, 0.5) is 0 Å². The first-order valence-corrected chi connectivity index (χ1v) is 13.2. The molecule has 6 unspecified atom stereocenters. The number of nitrogens with zero attached hydrogens (tertiary/aromatic N) is 1. The van der Waals surface area contributed by atoms with Gasteiger partial charge in [0, 0.05) is 24.7 Å². The van der Waals surface area contributed by atoms with Crippen LogP contribution in [0, 0.1) is 52.3 Å². The SMILES string of the molecule is CC(C)(C#N)C1CCC(C2NNC3CNC4CCC(C5CCCCC5)CC4C32)CC1. The van der Waals surface area contributed by atoms with E-state index in [4.69, 9.17) is 0 Å². The van der Waals surface area contributed by atoms with Gasteiger partial charge in [-0.15, -0.1) is 0 Å². The van der Waals surface area contributed by atoms with Gasteiger partial charge in [0.15, 0.2) is 0 Å². The highest BCUT2D eigenvalue weighted by atomic mass is 15.4. The first-order valence-electron chi connectivity index (χ1n) is 13.2. The van der Waals surface area contributed by atoms with Gasteiger partial charge in [-0.25, -0.2) is 0 Å². The van der Waals surface area contributed by atoms with Crippen LogP contribution in [0.5, 0.6) is 0 Å². The zero-order valence-electron chi connectivity index (χ0n) is 19.3. The van der Waals surface area contributed by atoms with E-state index in [1.54, 1.807) is 0 Å². The van der Waals surface area contributed by atoms with Crippen molar-refractivity contribution in [3.05, 3.63) is 0 Å². The summed E-state index contributed by atoms with van der Waals surface area (Å²) in [7, 11) is 0. The molecular weight excluding hydrogens is 368 g/mol. The Balaban J connectivity index is 1.26. The third kappa shape index (κ3) is 3.96. The summed E-state index contributed by atoms with van der Waals surface area (Å²) in [5.74, 6) is 5.02. The number of rotatable bonds is 3. The van der Waals surface area contributed by atoms with Crippen LogP contribution in [0.25, 0.3) is 0 Å². The molecule has 0 spiro atoms. The van der Waals surface area contributed by atoms with E-state index in [1.807, 2.05) is 0 Å². The van der Waals surface area contributed by atoms with Gasteiger partial charge in [-0.3, -0.25) is 10.9 Å². The minimum absolute atomic E-state index is 0.161. The Morgan fingerprint density at radius 3 is 2.23 bits per heavy atom. The first-order chi connectivity index (χ1) is 14.6. The molecule has 3 aliphatic carbocycles. The molecule has 0 amide bonds. The lowest BCUT2D eigenvalue weighted by molar-refractivity contribution is 0.0446. The summed E-state index contributed by atoms with van der Waals surface area (Å²) < 4.78 is 0. The lowest BCUT2D eigenvalue weighted by Gasteiger charge is -2.50. The van der Waals surface area contributed by atoms with Crippen LogP contribution in [0.3, 0.4) is 0 Å². The van der Waals surface area contributed by atoms with Crippen molar-refractivity contribution in [3.8, 4) is 6.07 Å². The molecule has 5 aliphatic rings. The van der Waals surface area contributed by atoms with Crippen LogP contribution in [-0.2, 0) is 0 Å². The van der Waals surface area contributed by atoms with Crippen molar-refractivity contribution in [2.45, 2.75) is 109 Å². The van der Waals surface area contributed by atoms with E-state index in [0.29, 0.717) is 18.0 Å². The van der Waals surface area contributed by atoms with E-state index in [-0.39, 0.29) is 5.41 Å². The summed E-state index contributed by atoms with van der Waals surface area (Å²) >= 11 is 0. The van der Waals surface area contributed by atoms with Crippen LogP contribution in [0.1, 0.15) is 90.9 Å². The maximum absolute atomic E-state index is 9.56. The predicted molar refractivity (Wildman–Crippen MR) is 121 cm³/mol. The van der Waals surface area contributed by atoms with E-state index < -0.39 is 0 Å². The Bertz CT molecular complexity index is 625. The van der Waals surface area contributed by atoms with Gasteiger partial charge in [-0.05, 0) is 94.3 Å². The molecule has 168 valence electrons. The summed E-state index contributed by atoms with van der Waals surface area (Å²) in [4.78, 5) is 0. The molecule has 0 bridgehead atoms. The van der Waals surface area contributed by atoms with E-state index in [2.05, 4.69) is 36.1 Å². The molecule has 3 saturated carbocycles. The van der Waals surface area contributed by atoms with Gasteiger partial charge in [0.25, 0.3) is 0 Å². The monoisotopic (exact) mass is 412 g/mol. The largest absolute Gasteiger partial charge is 0.312 e. The highest BCUT2D eigenvalue weighted by molar-refractivity contribution is 5.08. The second kappa shape index (κ2) is 8.72. The predicted octanol–water partition coefficient (Wildman–Crippen LogP) is 4.77. The van der Waals surface area contributed by atoms with Gasteiger partial charge in [-0.2, -0.15) is 5.26 Å². The second-order valence-corrected chi connectivity index (χ2v) is 12.1. The fourth-order valence-electron chi connectivity index (χ4n) is 8.35. The number of hydrogen-bond acceptors (Lipinski definition) is 4. The number of hydrogen-bond donors (Lipinski definition) is 3. The van der Waals surface area contributed by atoms with E-state index >= 15 is 0 Å². The van der Waals surface area contributed by atoms with Gasteiger partial charge in [0.05, 0.1) is 11.5 Å². The molecule has 6 atom stereocenters. The zero-order valence-corrected chi connectivity index (χ0v) is 19.3. The summed E-state index contributed by atoms with van der Waals surface area (Å²) in [5, 5.41) is 13.5. The van der Waals surface area contributed by atoms with Crippen LogP contribution >= 0.6 is 0 Å². The minimum Gasteiger partial charge on any atom is -0.312 e. The fraction of sp³-hybridized carbons (Fsp3) is 0.962. The summed E-state index contributed by atoms with van der Waals surface area (Å²) in [5.41, 5.74) is 7.37. The minimum atomic E-state index is -0.161. The van der Waals surface area contributed by atoms with Crippen molar-refractivity contribution in [2.24, 2.45) is 40.9 Å². The molecule has 2 heterocycles.